The molecule has 0 amide bonds. The van der Waals surface area contributed by atoms with Gasteiger partial charge >= 0.3 is 0 Å². The van der Waals surface area contributed by atoms with Crippen molar-refractivity contribution in [2.75, 3.05) is 4.43 Å². The maximum absolute atomic E-state index is 3.98. The fraction of sp³-hybridized carbons (Fsp3) is 0.667. The molecule has 0 aliphatic heterocycles. The van der Waals surface area contributed by atoms with Crippen LogP contribution in [0.5, 0.6) is 0 Å². The second-order valence-corrected chi connectivity index (χ2v) is 7.00. The minimum absolute atomic E-state index is 0.263. The van der Waals surface area contributed by atoms with Gasteiger partial charge in [0.15, 0.2) is 0 Å². The highest BCUT2D eigenvalue weighted by Crippen LogP contribution is 2.53. The lowest BCUT2D eigenvalue weighted by atomic mass is 9.77. The predicted molar refractivity (Wildman–Crippen MR) is 95.9 cm³/mol. The molecule has 0 aromatic rings. The van der Waals surface area contributed by atoms with E-state index in [-0.39, 0.29) is 5.41 Å². The van der Waals surface area contributed by atoms with Crippen LogP contribution in [0.2, 0.25) is 0 Å². The maximum Gasteiger partial charge on any atom is 0.00729 e. The van der Waals surface area contributed by atoms with Crippen molar-refractivity contribution in [3.63, 3.8) is 0 Å². The molecule has 0 fully saturated rings. The molecule has 0 bridgehead atoms. The Bertz CT molecular complexity index is 371. The van der Waals surface area contributed by atoms with Gasteiger partial charge in [-0.1, -0.05) is 79.2 Å². The third kappa shape index (κ3) is 3.53. The summed E-state index contributed by atoms with van der Waals surface area (Å²) in [5.41, 5.74) is 5.34. The Morgan fingerprint density at radius 3 is 2.47 bits per heavy atom. The summed E-state index contributed by atoms with van der Waals surface area (Å²) in [4.78, 5) is 0. The zero-order valence-corrected chi connectivity index (χ0v) is 15.2. The molecule has 1 aliphatic carbocycles. The zero-order valence-electron chi connectivity index (χ0n) is 13.1. The average Bonchev–Trinajstić information content (AvgIpc) is 2.57. The number of halogens is 1. The van der Waals surface area contributed by atoms with E-state index in [1.807, 2.05) is 0 Å². The highest BCUT2D eigenvalue weighted by Gasteiger charge is 2.41. The van der Waals surface area contributed by atoms with Crippen LogP contribution in [0.4, 0.5) is 0 Å². The van der Waals surface area contributed by atoms with Gasteiger partial charge in [-0.15, -0.1) is 6.58 Å². The van der Waals surface area contributed by atoms with Crippen LogP contribution in [0.1, 0.15) is 59.8 Å². The van der Waals surface area contributed by atoms with Crippen LogP contribution in [0.25, 0.3) is 0 Å². The molecule has 1 unspecified atom stereocenters. The van der Waals surface area contributed by atoms with Crippen molar-refractivity contribution in [3.8, 4) is 0 Å². The lowest BCUT2D eigenvalue weighted by Crippen LogP contribution is -2.15. The van der Waals surface area contributed by atoms with Crippen molar-refractivity contribution < 1.29 is 0 Å². The Kier molecular flexibility index (Phi) is 6.85. The van der Waals surface area contributed by atoms with Gasteiger partial charge in [-0.3, -0.25) is 0 Å². The number of allylic oxidation sites excluding steroid dienone is 5. The van der Waals surface area contributed by atoms with Crippen molar-refractivity contribution in [3.05, 3.63) is 35.5 Å². The second kappa shape index (κ2) is 7.66. The van der Waals surface area contributed by atoms with Crippen molar-refractivity contribution >= 4 is 22.6 Å². The van der Waals surface area contributed by atoms with Gasteiger partial charge < -0.3 is 0 Å². The van der Waals surface area contributed by atoms with E-state index in [0.717, 1.165) is 12.8 Å². The molecular weight excluding hydrogens is 343 g/mol. The molecule has 0 aromatic heterocycles. The Hall–Kier alpha value is -0.0500. The van der Waals surface area contributed by atoms with Gasteiger partial charge in [0.2, 0.25) is 0 Å². The van der Waals surface area contributed by atoms with Gasteiger partial charge in [-0.05, 0) is 36.5 Å². The molecule has 0 spiro atoms. The van der Waals surface area contributed by atoms with Crippen LogP contribution in [0, 0.1) is 11.3 Å². The van der Waals surface area contributed by atoms with Gasteiger partial charge in [-0.2, -0.15) is 0 Å². The molecule has 108 valence electrons. The van der Waals surface area contributed by atoms with Gasteiger partial charge in [0.1, 0.15) is 0 Å². The third-order valence-electron chi connectivity index (χ3n) is 4.42. The van der Waals surface area contributed by atoms with Crippen molar-refractivity contribution in [1.29, 1.82) is 0 Å². The SMILES string of the molecule is C=CCC1C(CCCI)=C(CC)C(C)(C)/C1=C/CC. The fourth-order valence-electron chi connectivity index (χ4n) is 3.71. The minimum Gasteiger partial charge on any atom is -0.103 e. The van der Waals surface area contributed by atoms with Gasteiger partial charge in [0.25, 0.3) is 0 Å². The molecule has 0 N–H and O–H groups in total. The first-order valence-corrected chi connectivity index (χ1v) is 9.16. The standard InChI is InChI=1S/C18H29I/c1-6-10-14-15(12-9-13-19)16(8-3)18(4,5)17(14)11-7-2/h6,11,14H,1,7-10,12-13H2,2-5H3/b17-11+. The zero-order chi connectivity index (χ0) is 14.5. The largest absolute Gasteiger partial charge is 0.103 e. The molecular formula is C18H29I. The number of alkyl halides is 1. The predicted octanol–water partition coefficient (Wildman–Crippen LogP) is 6.48. The van der Waals surface area contributed by atoms with E-state index in [2.05, 4.69) is 69.0 Å². The summed E-state index contributed by atoms with van der Waals surface area (Å²) in [5.74, 6) is 0.630. The Morgan fingerprint density at radius 1 is 1.32 bits per heavy atom. The van der Waals surface area contributed by atoms with E-state index in [0.29, 0.717) is 5.92 Å². The maximum atomic E-state index is 3.98. The normalized spacial score (nSPS) is 24.3. The summed E-state index contributed by atoms with van der Waals surface area (Å²) >= 11 is 2.49. The summed E-state index contributed by atoms with van der Waals surface area (Å²) in [6.07, 6.45) is 10.6. The first-order valence-electron chi connectivity index (χ1n) is 7.64. The first-order chi connectivity index (χ1) is 9.04. The van der Waals surface area contributed by atoms with Crippen molar-refractivity contribution in [2.45, 2.75) is 59.8 Å². The summed E-state index contributed by atoms with van der Waals surface area (Å²) in [5, 5.41) is 0. The molecule has 1 rings (SSSR count). The monoisotopic (exact) mass is 372 g/mol. The molecule has 0 heterocycles. The molecule has 0 saturated heterocycles. The number of rotatable bonds is 7. The topological polar surface area (TPSA) is 0 Å². The Balaban J connectivity index is 3.22. The van der Waals surface area contributed by atoms with E-state index in [4.69, 9.17) is 0 Å². The fourth-order valence-corrected chi connectivity index (χ4v) is 4.10. The van der Waals surface area contributed by atoms with E-state index in [9.17, 15) is 0 Å². The Morgan fingerprint density at radius 2 is 2.00 bits per heavy atom. The van der Waals surface area contributed by atoms with Gasteiger partial charge in [0.05, 0.1) is 0 Å². The molecule has 0 nitrogen and oxygen atoms in total. The van der Waals surface area contributed by atoms with Crippen molar-refractivity contribution in [2.24, 2.45) is 11.3 Å². The third-order valence-corrected chi connectivity index (χ3v) is 5.18. The molecule has 0 radical (unpaired) electrons. The van der Waals surface area contributed by atoms with Crippen LogP contribution in [0.3, 0.4) is 0 Å². The Labute approximate surface area is 133 Å². The van der Waals surface area contributed by atoms with Crippen LogP contribution < -0.4 is 0 Å². The highest BCUT2D eigenvalue weighted by atomic mass is 127. The molecule has 0 saturated carbocycles. The second-order valence-electron chi connectivity index (χ2n) is 5.92. The summed E-state index contributed by atoms with van der Waals surface area (Å²) in [7, 11) is 0. The molecule has 1 atom stereocenters. The molecule has 1 aliphatic rings. The lowest BCUT2D eigenvalue weighted by Gasteiger charge is -2.27. The van der Waals surface area contributed by atoms with E-state index < -0.39 is 0 Å². The smallest absolute Gasteiger partial charge is 0.00729 e. The van der Waals surface area contributed by atoms with E-state index in [1.165, 1.54) is 23.7 Å². The number of hydrogen-bond acceptors (Lipinski definition) is 0. The summed E-state index contributed by atoms with van der Waals surface area (Å²) in [6.45, 7) is 13.4. The van der Waals surface area contributed by atoms with Crippen LogP contribution >= 0.6 is 22.6 Å². The summed E-state index contributed by atoms with van der Waals surface area (Å²) < 4.78 is 1.26. The average molecular weight is 372 g/mol. The summed E-state index contributed by atoms with van der Waals surface area (Å²) in [6, 6.07) is 0. The van der Waals surface area contributed by atoms with Gasteiger partial charge in [-0.25, -0.2) is 0 Å². The van der Waals surface area contributed by atoms with Crippen LogP contribution in [0.15, 0.2) is 35.5 Å². The molecule has 1 heteroatoms. The highest BCUT2D eigenvalue weighted by molar-refractivity contribution is 14.1. The van der Waals surface area contributed by atoms with Crippen LogP contribution in [-0.4, -0.2) is 4.43 Å². The van der Waals surface area contributed by atoms with Gasteiger partial charge in [0, 0.05) is 11.3 Å². The molecule has 19 heavy (non-hydrogen) atoms. The lowest BCUT2D eigenvalue weighted by molar-refractivity contribution is 0.508. The number of hydrogen-bond donors (Lipinski definition) is 0. The minimum atomic E-state index is 0.263. The van der Waals surface area contributed by atoms with Crippen LogP contribution in [-0.2, 0) is 0 Å². The van der Waals surface area contributed by atoms with E-state index in [1.54, 1.807) is 16.7 Å². The van der Waals surface area contributed by atoms with E-state index >= 15 is 0 Å². The first kappa shape index (κ1) is 17.0. The van der Waals surface area contributed by atoms with Crippen molar-refractivity contribution in [1.82, 2.24) is 0 Å². The quantitative estimate of drug-likeness (QED) is 0.273. The molecule has 0 aromatic carbocycles.